The Morgan fingerprint density at radius 3 is 2.65 bits per heavy atom. The molecule has 1 aromatic heterocycles. The molecule has 2 rings (SSSR count). The lowest BCUT2D eigenvalue weighted by molar-refractivity contribution is -0.383. The van der Waals surface area contributed by atoms with Gasteiger partial charge in [-0.3, -0.25) is 14.8 Å². The van der Waals surface area contributed by atoms with Crippen molar-refractivity contribution < 1.29 is 4.92 Å². The summed E-state index contributed by atoms with van der Waals surface area (Å²) in [6, 6.07) is 3.45. The minimum atomic E-state index is -0.361. The van der Waals surface area contributed by atoms with Crippen LogP contribution in [0.4, 0.5) is 5.69 Å². The van der Waals surface area contributed by atoms with Gasteiger partial charge in [-0.2, -0.15) is 5.10 Å². The first kappa shape index (κ1) is 12.0. The fourth-order valence-corrected chi connectivity index (χ4v) is 2.58. The molecule has 1 heterocycles. The van der Waals surface area contributed by atoms with Crippen LogP contribution in [0.5, 0.6) is 0 Å². The summed E-state index contributed by atoms with van der Waals surface area (Å²) in [6.45, 7) is 4.00. The zero-order valence-electron chi connectivity index (χ0n) is 9.77. The summed E-state index contributed by atoms with van der Waals surface area (Å²) in [5, 5.41) is 16.1. The summed E-state index contributed by atoms with van der Waals surface area (Å²) in [5.41, 5.74) is 1.64. The van der Waals surface area contributed by atoms with Crippen LogP contribution in [-0.2, 0) is 7.05 Å². The summed E-state index contributed by atoms with van der Waals surface area (Å²) in [7, 11) is 1.81. The van der Waals surface area contributed by atoms with Gasteiger partial charge in [0.1, 0.15) is 5.39 Å². The second kappa shape index (κ2) is 4.10. The minimum absolute atomic E-state index is 0.0966. The molecule has 17 heavy (non-hydrogen) atoms. The largest absolute Gasteiger partial charge is 0.294 e. The Balaban J connectivity index is 2.95. The number of aromatic nitrogens is 2. The SMILES string of the molecule is CC(C)c1c2c([N+](=O)[O-])c(Br)ccc2nn1C. The van der Waals surface area contributed by atoms with Gasteiger partial charge in [0, 0.05) is 7.05 Å². The molecule has 0 saturated carbocycles. The van der Waals surface area contributed by atoms with Crippen molar-refractivity contribution in [1.29, 1.82) is 0 Å². The Hall–Kier alpha value is -1.43. The monoisotopic (exact) mass is 297 g/mol. The predicted octanol–water partition coefficient (Wildman–Crippen LogP) is 3.37. The molecular weight excluding hydrogens is 286 g/mol. The van der Waals surface area contributed by atoms with Crippen LogP contribution in [0.25, 0.3) is 10.9 Å². The van der Waals surface area contributed by atoms with E-state index in [1.54, 1.807) is 16.8 Å². The number of nitrogens with zero attached hydrogens (tertiary/aromatic N) is 3. The van der Waals surface area contributed by atoms with Gasteiger partial charge in [-0.15, -0.1) is 0 Å². The van der Waals surface area contributed by atoms with E-state index in [1.807, 2.05) is 20.9 Å². The normalized spacial score (nSPS) is 11.4. The number of fused-ring (bicyclic) bond motifs is 1. The first-order valence-electron chi connectivity index (χ1n) is 5.23. The maximum atomic E-state index is 11.2. The molecule has 2 aromatic rings. The summed E-state index contributed by atoms with van der Waals surface area (Å²) in [5.74, 6) is 0.179. The van der Waals surface area contributed by atoms with Crippen LogP contribution in [-0.4, -0.2) is 14.7 Å². The summed E-state index contributed by atoms with van der Waals surface area (Å²) in [4.78, 5) is 10.8. The van der Waals surface area contributed by atoms with Crippen molar-refractivity contribution in [1.82, 2.24) is 9.78 Å². The standard InChI is InChI=1S/C11H12BrN3O2/c1-6(2)10-9-8(13-14(10)3)5-4-7(12)11(9)15(16)17/h4-6H,1-3H3. The smallest absolute Gasteiger partial charge is 0.271 e. The van der Waals surface area contributed by atoms with Crippen LogP contribution < -0.4 is 0 Å². The lowest BCUT2D eigenvalue weighted by Gasteiger charge is -2.06. The van der Waals surface area contributed by atoms with Crippen LogP contribution in [0.2, 0.25) is 0 Å². The molecule has 0 fully saturated rings. The predicted molar refractivity (Wildman–Crippen MR) is 69.2 cm³/mol. The molecule has 0 radical (unpaired) electrons. The fourth-order valence-electron chi connectivity index (χ4n) is 2.11. The molecular formula is C11H12BrN3O2. The van der Waals surface area contributed by atoms with Gasteiger partial charge in [0.2, 0.25) is 0 Å². The van der Waals surface area contributed by atoms with E-state index in [0.29, 0.717) is 15.4 Å². The van der Waals surface area contributed by atoms with Gasteiger partial charge >= 0.3 is 0 Å². The van der Waals surface area contributed by atoms with Crippen LogP contribution in [0.3, 0.4) is 0 Å². The lowest BCUT2D eigenvalue weighted by atomic mass is 10.0. The summed E-state index contributed by atoms with van der Waals surface area (Å²) in [6.07, 6.45) is 0. The highest BCUT2D eigenvalue weighted by Crippen LogP contribution is 2.37. The Labute approximate surface area is 107 Å². The summed E-state index contributed by atoms with van der Waals surface area (Å²) >= 11 is 3.23. The van der Waals surface area contributed by atoms with Crippen molar-refractivity contribution >= 4 is 32.5 Å². The van der Waals surface area contributed by atoms with E-state index in [1.165, 1.54) is 0 Å². The number of aryl methyl sites for hydroxylation is 1. The third kappa shape index (κ3) is 1.82. The molecule has 0 amide bonds. The highest BCUT2D eigenvalue weighted by atomic mass is 79.9. The van der Waals surface area contributed by atoms with Gasteiger partial charge in [-0.1, -0.05) is 13.8 Å². The molecule has 0 N–H and O–H groups in total. The minimum Gasteiger partial charge on any atom is -0.271 e. The number of halogens is 1. The van der Waals surface area contributed by atoms with Crippen LogP contribution in [0.1, 0.15) is 25.5 Å². The van der Waals surface area contributed by atoms with Gasteiger partial charge in [0.15, 0.2) is 0 Å². The molecule has 5 nitrogen and oxygen atoms in total. The van der Waals surface area contributed by atoms with Crippen molar-refractivity contribution in [2.24, 2.45) is 7.05 Å². The first-order valence-corrected chi connectivity index (χ1v) is 6.02. The molecule has 0 unspecified atom stereocenters. The number of benzene rings is 1. The van der Waals surface area contributed by atoms with Crippen molar-refractivity contribution in [3.8, 4) is 0 Å². The fraction of sp³-hybridized carbons (Fsp3) is 0.364. The molecule has 0 saturated heterocycles. The molecule has 0 bridgehead atoms. The zero-order valence-corrected chi connectivity index (χ0v) is 11.4. The number of nitro benzene ring substituents is 1. The van der Waals surface area contributed by atoms with Crippen molar-refractivity contribution in [2.45, 2.75) is 19.8 Å². The maximum Gasteiger partial charge on any atom is 0.294 e. The molecule has 1 aromatic carbocycles. The zero-order chi connectivity index (χ0) is 12.7. The van der Waals surface area contributed by atoms with Crippen molar-refractivity contribution in [2.75, 3.05) is 0 Å². The highest BCUT2D eigenvalue weighted by molar-refractivity contribution is 9.10. The Morgan fingerprint density at radius 2 is 2.12 bits per heavy atom. The second-order valence-electron chi connectivity index (χ2n) is 4.21. The number of hydrogen-bond donors (Lipinski definition) is 0. The van der Waals surface area contributed by atoms with E-state index in [-0.39, 0.29) is 16.5 Å². The molecule has 0 aliphatic carbocycles. The molecule has 0 aliphatic heterocycles. The third-order valence-electron chi connectivity index (χ3n) is 2.70. The van der Waals surface area contributed by atoms with Gasteiger partial charge in [-0.05, 0) is 34.0 Å². The van der Waals surface area contributed by atoms with E-state index < -0.39 is 0 Å². The number of nitro groups is 1. The summed E-state index contributed by atoms with van der Waals surface area (Å²) < 4.78 is 2.21. The Bertz CT molecular complexity index is 604. The molecule has 0 atom stereocenters. The third-order valence-corrected chi connectivity index (χ3v) is 3.34. The van der Waals surface area contributed by atoms with Gasteiger partial charge in [-0.25, -0.2) is 0 Å². The topological polar surface area (TPSA) is 61.0 Å². The molecule has 0 aliphatic rings. The molecule has 0 spiro atoms. The number of hydrogen-bond acceptors (Lipinski definition) is 3. The average molecular weight is 298 g/mol. The molecule has 90 valence electrons. The van der Waals surface area contributed by atoms with Crippen LogP contribution in [0.15, 0.2) is 16.6 Å². The van der Waals surface area contributed by atoms with E-state index in [4.69, 9.17) is 0 Å². The van der Waals surface area contributed by atoms with Crippen LogP contribution in [0, 0.1) is 10.1 Å². The van der Waals surface area contributed by atoms with E-state index in [0.717, 1.165) is 5.69 Å². The van der Waals surface area contributed by atoms with E-state index >= 15 is 0 Å². The van der Waals surface area contributed by atoms with E-state index in [9.17, 15) is 10.1 Å². The number of rotatable bonds is 2. The Morgan fingerprint density at radius 1 is 1.47 bits per heavy atom. The lowest BCUT2D eigenvalue weighted by Crippen LogP contribution is -2.01. The highest BCUT2D eigenvalue weighted by Gasteiger charge is 2.24. The van der Waals surface area contributed by atoms with Crippen LogP contribution >= 0.6 is 15.9 Å². The van der Waals surface area contributed by atoms with Gasteiger partial charge in [0.25, 0.3) is 5.69 Å². The maximum absolute atomic E-state index is 11.2. The average Bonchev–Trinajstić information content (AvgIpc) is 2.53. The van der Waals surface area contributed by atoms with Gasteiger partial charge < -0.3 is 0 Å². The van der Waals surface area contributed by atoms with E-state index in [2.05, 4.69) is 21.0 Å². The Kier molecular flexibility index (Phi) is 2.91. The first-order chi connectivity index (χ1) is 7.93. The molecule has 6 heteroatoms. The van der Waals surface area contributed by atoms with Crippen molar-refractivity contribution in [3.05, 3.63) is 32.4 Å². The van der Waals surface area contributed by atoms with Crippen molar-refractivity contribution in [3.63, 3.8) is 0 Å². The quantitative estimate of drug-likeness (QED) is 0.631. The second-order valence-corrected chi connectivity index (χ2v) is 5.07. The van der Waals surface area contributed by atoms with Gasteiger partial charge in [0.05, 0.1) is 20.6 Å².